The van der Waals surface area contributed by atoms with Crippen molar-refractivity contribution in [2.45, 2.75) is 37.5 Å². The van der Waals surface area contributed by atoms with Crippen molar-refractivity contribution < 1.29 is 14.2 Å². The van der Waals surface area contributed by atoms with E-state index in [0.29, 0.717) is 19.1 Å². The minimum atomic E-state index is 0. The van der Waals surface area contributed by atoms with E-state index < -0.39 is 0 Å². The number of nitrogens with zero attached hydrogens (tertiary/aromatic N) is 1. The van der Waals surface area contributed by atoms with E-state index in [1.54, 1.807) is 0 Å². The van der Waals surface area contributed by atoms with Crippen LogP contribution in [0.1, 0.15) is 37.7 Å². The van der Waals surface area contributed by atoms with Crippen molar-refractivity contribution in [2.75, 3.05) is 46.6 Å². The summed E-state index contributed by atoms with van der Waals surface area (Å²) in [7, 11) is 1.84. The first kappa shape index (κ1) is 21.5. The van der Waals surface area contributed by atoms with E-state index in [0.717, 1.165) is 50.2 Å². The molecule has 1 saturated carbocycles. The molecule has 1 aromatic carbocycles. The predicted octanol–water partition coefficient (Wildman–Crippen LogP) is 3.09. The summed E-state index contributed by atoms with van der Waals surface area (Å²) in [6.45, 7) is 4.79. The summed E-state index contributed by atoms with van der Waals surface area (Å²) in [6, 6.07) is 6.47. The minimum Gasteiger partial charge on any atom is -0.486 e. The number of fused-ring (bicyclic) bond motifs is 1. The van der Waals surface area contributed by atoms with Crippen LogP contribution in [-0.4, -0.2) is 52.5 Å². The summed E-state index contributed by atoms with van der Waals surface area (Å²) >= 11 is 0. The van der Waals surface area contributed by atoms with Gasteiger partial charge >= 0.3 is 0 Å². The van der Waals surface area contributed by atoms with Crippen LogP contribution in [0, 0.1) is 5.92 Å². The molecule has 0 amide bonds. The zero-order chi connectivity index (χ0) is 18.5. The Balaban J connectivity index is 0.00000225. The maximum Gasteiger partial charge on any atom is 0.191 e. The summed E-state index contributed by atoms with van der Waals surface area (Å²) in [5.41, 5.74) is 1.47. The number of guanidine groups is 1. The first-order valence-corrected chi connectivity index (χ1v) is 10.2. The van der Waals surface area contributed by atoms with E-state index in [4.69, 9.17) is 14.2 Å². The Kier molecular flexibility index (Phi) is 7.68. The van der Waals surface area contributed by atoms with Crippen molar-refractivity contribution >= 4 is 29.9 Å². The molecule has 0 bridgehead atoms. The van der Waals surface area contributed by atoms with Crippen molar-refractivity contribution in [3.05, 3.63) is 23.8 Å². The molecule has 1 saturated heterocycles. The first-order valence-electron chi connectivity index (χ1n) is 10.2. The van der Waals surface area contributed by atoms with Crippen LogP contribution in [0.25, 0.3) is 0 Å². The number of nitrogens with one attached hydrogen (secondary N) is 2. The number of hydrogen-bond donors (Lipinski definition) is 2. The number of ether oxygens (including phenoxy) is 3. The van der Waals surface area contributed by atoms with Gasteiger partial charge in [-0.2, -0.15) is 0 Å². The van der Waals surface area contributed by atoms with Crippen LogP contribution in [0.15, 0.2) is 23.2 Å². The van der Waals surface area contributed by atoms with Crippen LogP contribution in [0.2, 0.25) is 0 Å². The molecule has 6 nitrogen and oxygen atoms in total. The zero-order valence-corrected chi connectivity index (χ0v) is 19.0. The summed E-state index contributed by atoms with van der Waals surface area (Å²) in [5.74, 6) is 3.21. The topological polar surface area (TPSA) is 64.1 Å². The smallest absolute Gasteiger partial charge is 0.191 e. The minimum absolute atomic E-state index is 0. The van der Waals surface area contributed by atoms with Gasteiger partial charge in [-0.15, -0.1) is 24.0 Å². The van der Waals surface area contributed by atoms with E-state index in [2.05, 4.69) is 33.8 Å². The normalized spacial score (nSPS) is 23.2. The maximum atomic E-state index is 5.82. The summed E-state index contributed by atoms with van der Waals surface area (Å²) in [4.78, 5) is 4.41. The Morgan fingerprint density at radius 2 is 1.89 bits per heavy atom. The third-order valence-corrected chi connectivity index (χ3v) is 6.12. The van der Waals surface area contributed by atoms with Crippen molar-refractivity contribution in [1.82, 2.24) is 10.6 Å². The summed E-state index contributed by atoms with van der Waals surface area (Å²) in [5, 5.41) is 7.05. The van der Waals surface area contributed by atoms with Gasteiger partial charge in [0.15, 0.2) is 17.5 Å². The molecule has 2 heterocycles. The van der Waals surface area contributed by atoms with Gasteiger partial charge < -0.3 is 24.8 Å². The fraction of sp³-hybridized carbons (Fsp3) is 0.667. The number of rotatable bonds is 5. The largest absolute Gasteiger partial charge is 0.486 e. The highest BCUT2D eigenvalue weighted by molar-refractivity contribution is 14.0. The summed E-state index contributed by atoms with van der Waals surface area (Å²) < 4.78 is 17.0. The Labute approximate surface area is 184 Å². The van der Waals surface area contributed by atoms with Crippen LogP contribution in [0.3, 0.4) is 0 Å². The number of aliphatic imine (C=N–C) groups is 1. The standard InChI is InChI=1S/C21H31N3O3.HI/c1-22-20(23-13-16-6-9-25-14-16)24-15-21(7-2-3-8-21)17-4-5-18-19(12-17)27-11-10-26-18;/h4-5,12,16H,2-3,6-11,13-15H2,1H3,(H2,22,23,24);1H. The zero-order valence-electron chi connectivity index (χ0n) is 16.7. The average molecular weight is 501 g/mol. The summed E-state index contributed by atoms with van der Waals surface area (Å²) in [6.07, 6.45) is 6.04. The highest BCUT2D eigenvalue weighted by atomic mass is 127. The lowest BCUT2D eigenvalue weighted by molar-refractivity contribution is 0.171. The Hall–Kier alpha value is -1.22. The van der Waals surface area contributed by atoms with Gasteiger partial charge in [-0.1, -0.05) is 18.9 Å². The molecule has 156 valence electrons. The molecule has 1 aromatic rings. The first-order chi connectivity index (χ1) is 13.3. The second kappa shape index (κ2) is 10.0. The predicted molar refractivity (Wildman–Crippen MR) is 121 cm³/mol. The van der Waals surface area contributed by atoms with Crippen LogP contribution < -0.4 is 20.1 Å². The molecule has 1 atom stereocenters. The lowest BCUT2D eigenvalue weighted by atomic mass is 9.78. The number of hydrogen-bond acceptors (Lipinski definition) is 4. The van der Waals surface area contributed by atoms with E-state index in [1.165, 1.54) is 31.2 Å². The molecule has 0 radical (unpaired) electrons. The molecule has 2 N–H and O–H groups in total. The van der Waals surface area contributed by atoms with Crippen LogP contribution in [0.5, 0.6) is 11.5 Å². The van der Waals surface area contributed by atoms with Gasteiger partial charge in [0.2, 0.25) is 0 Å². The molecule has 1 aliphatic carbocycles. The molecule has 1 unspecified atom stereocenters. The second-order valence-electron chi connectivity index (χ2n) is 7.88. The monoisotopic (exact) mass is 501 g/mol. The van der Waals surface area contributed by atoms with Crippen LogP contribution >= 0.6 is 24.0 Å². The van der Waals surface area contributed by atoms with Gasteiger partial charge in [0, 0.05) is 38.1 Å². The molecule has 2 fully saturated rings. The van der Waals surface area contributed by atoms with Gasteiger partial charge in [0.05, 0.1) is 6.61 Å². The fourth-order valence-electron chi connectivity index (χ4n) is 4.45. The highest BCUT2D eigenvalue weighted by Crippen LogP contribution is 2.43. The molecular formula is C21H32IN3O3. The fourth-order valence-corrected chi connectivity index (χ4v) is 4.45. The van der Waals surface area contributed by atoms with E-state index in [9.17, 15) is 0 Å². The third kappa shape index (κ3) is 4.84. The molecule has 2 aliphatic heterocycles. The molecular weight excluding hydrogens is 469 g/mol. The Bertz CT molecular complexity index is 671. The molecule has 3 aliphatic rings. The lowest BCUT2D eigenvalue weighted by Crippen LogP contribution is -2.46. The maximum absolute atomic E-state index is 5.82. The SMILES string of the molecule is CN=C(NCC1CCOC1)NCC1(c2ccc3c(c2)OCCO3)CCCC1.I. The van der Waals surface area contributed by atoms with Gasteiger partial charge in [-0.05, 0) is 37.0 Å². The molecule has 7 heteroatoms. The van der Waals surface area contributed by atoms with Crippen molar-refractivity contribution in [3.63, 3.8) is 0 Å². The van der Waals surface area contributed by atoms with Crippen molar-refractivity contribution in [2.24, 2.45) is 10.9 Å². The van der Waals surface area contributed by atoms with Crippen LogP contribution in [-0.2, 0) is 10.2 Å². The van der Waals surface area contributed by atoms with E-state index in [-0.39, 0.29) is 29.4 Å². The van der Waals surface area contributed by atoms with Gasteiger partial charge in [-0.3, -0.25) is 4.99 Å². The molecule has 4 rings (SSSR count). The number of halogens is 1. The third-order valence-electron chi connectivity index (χ3n) is 6.12. The average Bonchev–Trinajstić information content (AvgIpc) is 3.40. The quantitative estimate of drug-likeness (QED) is 0.369. The van der Waals surface area contributed by atoms with Gasteiger partial charge in [0.1, 0.15) is 13.2 Å². The van der Waals surface area contributed by atoms with E-state index >= 15 is 0 Å². The molecule has 0 aromatic heterocycles. The molecule has 0 spiro atoms. The lowest BCUT2D eigenvalue weighted by Gasteiger charge is -2.32. The number of benzene rings is 1. The van der Waals surface area contributed by atoms with Gasteiger partial charge in [-0.25, -0.2) is 0 Å². The molecule has 28 heavy (non-hydrogen) atoms. The Morgan fingerprint density at radius 3 is 2.61 bits per heavy atom. The highest BCUT2D eigenvalue weighted by Gasteiger charge is 2.36. The second-order valence-corrected chi connectivity index (χ2v) is 7.88. The van der Waals surface area contributed by atoms with E-state index in [1.807, 2.05) is 7.05 Å². The van der Waals surface area contributed by atoms with Crippen LogP contribution in [0.4, 0.5) is 0 Å². The van der Waals surface area contributed by atoms with Crippen molar-refractivity contribution in [1.29, 1.82) is 0 Å². The Morgan fingerprint density at radius 1 is 1.11 bits per heavy atom. The van der Waals surface area contributed by atoms with Gasteiger partial charge in [0.25, 0.3) is 0 Å². The van der Waals surface area contributed by atoms with Crippen molar-refractivity contribution in [3.8, 4) is 11.5 Å².